The molecule has 2 rings (SSSR count). The molecule has 5 atom stereocenters. The lowest BCUT2D eigenvalue weighted by Crippen LogP contribution is -2.52. The summed E-state index contributed by atoms with van der Waals surface area (Å²) in [5.41, 5.74) is 0. The van der Waals surface area contributed by atoms with E-state index in [2.05, 4.69) is 6.92 Å². The SMILES string of the molecule is COCCOC1[C@@H](OC)[C@@H](C)C2OC[C@H]1O2. The molecular weight excluding hydrogens is 212 g/mol. The fraction of sp³-hybridized carbons (Fsp3) is 1.00. The lowest BCUT2D eigenvalue weighted by atomic mass is 9.94. The summed E-state index contributed by atoms with van der Waals surface area (Å²) in [6, 6.07) is 0. The third-order valence-electron chi connectivity index (χ3n) is 3.24. The van der Waals surface area contributed by atoms with Crippen LogP contribution < -0.4 is 0 Å². The van der Waals surface area contributed by atoms with Crippen LogP contribution in [0.4, 0.5) is 0 Å². The lowest BCUT2D eigenvalue weighted by molar-refractivity contribution is -0.220. The van der Waals surface area contributed by atoms with E-state index in [1.807, 2.05) is 0 Å². The van der Waals surface area contributed by atoms with Gasteiger partial charge in [0.05, 0.1) is 25.9 Å². The minimum absolute atomic E-state index is 0.0111. The van der Waals surface area contributed by atoms with Gasteiger partial charge in [-0.05, 0) is 0 Å². The van der Waals surface area contributed by atoms with Crippen LogP contribution in [0.3, 0.4) is 0 Å². The first-order valence-corrected chi connectivity index (χ1v) is 5.68. The molecule has 0 spiro atoms. The maximum absolute atomic E-state index is 5.77. The van der Waals surface area contributed by atoms with Crippen LogP contribution >= 0.6 is 0 Å². The summed E-state index contributed by atoms with van der Waals surface area (Å²) in [5.74, 6) is 0.191. The Morgan fingerprint density at radius 1 is 1.19 bits per heavy atom. The van der Waals surface area contributed by atoms with Crippen LogP contribution in [0, 0.1) is 5.92 Å². The third-order valence-corrected chi connectivity index (χ3v) is 3.24. The normalized spacial score (nSPS) is 42.6. The van der Waals surface area contributed by atoms with Crippen molar-refractivity contribution < 1.29 is 23.7 Å². The van der Waals surface area contributed by atoms with Crippen LogP contribution in [0.1, 0.15) is 6.92 Å². The first kappa shape index (κ1) is 12.3. The first-order valence-electron chi connectivity index (χ1n) is 5.68. The molecule has 2 bridgehead atoms. The quantitative estimate of drug-likeness (QED) is 0.643. The molecule has 0 saturated carbocycles. The molecule has 0 radical (unpaired) electrons. The molecule has 0 amide bonds. The fourth-order valence-corrected chi connectivity index (χ4v) is 2.37. The van der Waals surface area contributed by atoms with E-state index in [9.17, 15) is 0 Å². The average molecular weight is 232 g/mol. The number of hydrogen-bond donors (Lipinski definition) is 0. The van der Waals surface area contributed by atoms with E-state index < -0.39 is 0 Å². The molecule has 2 saturated heterocycles. The van der Waals surface area contributed by atoms with Crippen molar-refractivity contribution in [3.05, 3.63) is 0 Å². The van der Waals surface area contributed by atoms with Gasteiger partial charge in [0.1, 0.15) is 12.2 Å². The largest absolute Gasteiger partial charge is 0.382 e. The van der Waals surface area contributed by atoms with Crippen molar-refractivity contribution in [3.8, 4) is 0 Å². The van der Waals surface area contributed by atoms with Crippen molar-refractivity contribution >= 4 is 0 Å². The Balaban J connectivity index is 1.96. The van der Waals surface area contributed by atoms with Gasteiger partial charge >= 0.3 is 0 Å². The third kappa shape index (κ3) is 2.24. The van der Waals surface area contributed by atoms with Crippen LogP contribution in [0.15, 0.2) is 0 Å². The van der Waals surface area contributed by atoms with Crippen molar-refractivity contribution in [1.29, 1.82) is 0 Å². The van der Waals surface area contributed by atoms with Crippen molar-refractivity contribution in [2.75, 3.05) is 34.0 Å². The summed E-state index contributed by atoms with van der Waals surface area (Å²) in [7, 11) is 3.37. The van der Waals surface area contributed by atoms with E-state index in [-0.39, 0.29) is 30.5 Å². The van der Waals surface area contributed by atoms with E-state index in [1.165, 1.54) is 0 Å². The summed E-state index contributed by atoms with van der Waals surface area (Å²) in [6.07, 6.45) is -0.183. The highest BCUT2D eigenvalue weighted by Gasteiger charge is 2.49. The number of fused-ring (bicyclic) bond motifs is 2. The Labute approximate surface area is 95.9 Å². The molecule has 0 aromatic rings. The molecule has 0 aromatic heterocycles. The summed E-state index contributed by atoms with van der Waals surface area (Å²) in [6.45, 7) is 3.79. The zero-order valence-electron chi connectivity index (χ0n) is 10.0. The predicted molar refractivity (Wildman–Crippen MR) is 56.2 cm³/mol. The van der Waals surface area contributed by atoms with Crippen LogP contribution in [-0.4, -0.2) is 58.6 Å². The summed E-state index contributed by atoms with van der Waals surface area (Å²) < 4.78 is 27.5. The Kier molecular flexibility index (Phi) is 4.16. The van der Waals surface area contributed by atoms with Crippen LogP contribution in [-0.2, 0) is 23.7 Å². The molecule has 2 unspecified atom stereocenters. The molecule has 5 nitrogen and oxygen atoms in total. The Hall–Kier alpha value is -0.200. The molecule has 2 heterocycles. The van der Waals surface area contributed by atoms with Gasteiger partial charge < -0.3 is 23.7 Å². The number of ether oxygens (including phenoxy) is 5. The molecule has 5 heteroatoms. The molecule has 16 heavy (non-hydrogen) atoms. The van der Waals surface area contributed by atoms with Gasteiger partial charge in [0.15, 0.2) is 6.29 Å². The van der Waals surface area contributed by atoms with Gasteiger partial charge in [0, 0.05) is 20.1 Å². The summed E-state index contributed by atoms with van der Waals surface area (Å²) in [4.78, 5) is 0. The minimum Gasteiger partial charge on any atom is -0.382 e. The Morgan fingerprint density at radius 2 is 2.00 bits per heavy atom. The topological polar surface area (TPSA) is 46.2 Å². The van der Waals surface area contributed by atoms with Crippen molar-refractivity contribution in [2.45, 2.75) is 31.5 Å². The van der Waals surface area contributed by atoms with Crippen molar-refractivity contribution in [3.63, 3.8) is 0 Å². The second-order valence-electron chi connectivity index (χ2n) is 4.26. The predicted octanol–water partition coefficient (Wildman–Crippen LogP) is 0.424. The number of methoxy groups -OCH3 is 2. The smallest absolute Gasteiger partial charge is 0.163 e. The van der Waals surface area contributed by atoms with E-state index in [0.717, 1.165) is 0 Å². The van der Waals surface area contributed by atoms with E-state index in [0.29, 0.717) is 19.8 Å². The average Bonchev–Trinajstić information content (AvgIpc) is 2.72. The molecular formula is C11H20O5. The molecule has 2 aliphatic heterocycles. The minimum atomic E-state index is -0.141. The second kappa shape index (κ2) is 5.42. The van der Waals surface area contributed by atoms with Gasteiger partial charge in [-0.1, -0.05) is 6.92 Å². The standard InChI is InChI=1S/C11H20O5/c1-7-9(13-3)10(14-5-4-12-2)8-6-15-11(7)16-8/h7-11H,4-6H2,1-3H3/t7-,8-,9+,10?,11?/m1/s1. The maximum atomic E-state index is 5.77. The van der Waals surface area contributed by atoms with Crippen LogP contribution in [0.2, 0.25) is 0 Å². The zero-order valence-corrected chi connectivity index (χ0v) is 10.0. The second-order valence-corrected chi connectivity index (χ2v) is 4.26. The number of rotatable bonds is 5. The van der Waals surface area contributed by atoms with Gasteiger partial charge in [0.25, 0.3) is 0 Å². The maximum Gasteiger partial charge on any atom is 0.163 e. The van der Waals surface area contributed by atoms with E-state index in [4.69, 9.17) is 23.7 Å². The van der Waals surface area contributed by atoms with Crippen molar-refractivity contribution in [1.82, 2.24) is 0 Å². The lowest BCUT2D eigenvalue weighted by Gasteiger charge is -2.38. The Morgan fingerprint density at radius 3 is 2.69 bits per heavy atom. The Bertz CT molecular complexity index is 222. The molecule has 2 fully saturated rings. The van der Waals surface area contributed by atoms with Crippen molar-refractivity contribution in [2.24, 2.45) is 5.92 Å². The van der Waals surface area contributed by atoms with Crippen LogP contribution in [0.25, 0.3) is 0 Å². The first-order chi connectivity index (χ1) is 7.77. The monoisotopic (exact) mass is 232 g/mol. The zero-order chi connectivity index (χ0) is 11.5. The summed E-state index contributed by atoms with van der Waals surface area (Å²) in [5, 5.41) is 0. The highest BCUT2D eigenvalue weighted by atomic mass is 16.7. The van der Waals surface area contributed by atoms with Gasteiger partial charge in [-0.3, -0.25) is 0 Å². The highest BCUT2D eigenvalue weighted by Crippen LogP contribution is 2.35. The van der Waals surface area contributed by atoms with Gasteiger partial charge in [-0.2, -0.15) is 0 Å². The molecule has 2 aliphatic rings. The van der Waals surface area contributed by atoms with Gasteiger partial charge in [-0.15, -0.1) is 0 Å². The van der Waals surface area contributed by atoms with Gasteiger partial charge in [0.2, 0.25) is 0 Å². The van der Waals surface area contributed by atoms with Crippen LogP contribution in [0.5, 0.6) is 0 Å². The fourth-order valence-electron chi connectivity index (χ4n) is 2.37. The van der Waals surface area contributed by atoms with E-state index in [1.54, 1.807) is 14.2 Å². The molecule has 0 N–H and O–H groups in total. The molecule has 0 aliphatic carbocycles. The van der Waals surface area contributed by atoms with Gasteiger partial charge in [-0.25, -0.2) is 0 Å². The molecule has 0 aromatic carbocycles. The highest BCUT2D eigenvalue weighted by molar-refractivity contribution is 4.93. The molecule has 94 valence electrons. The summed E-state index contributed by atoms with van der Waals surface area (Å²) >= 11 is 0. The van der Waals surface area contributed by atoms with E-state index >= 15 is 0 Å². The number of hydrogen-bond acceptors (Lipinski definition) is 5.